The van der Waals surface area contributed by atoms with Crippen LogP contribution in [0.1, 0.15) is 79.1 Å². The maximum Gasteiger partial charge on any atom is 0.101 e. The van der Waals surface area contributed by atoms with E-state index in [-0.39, 0.29) is 24.4 Å². The molecule has 0 aromatic heterocycles. The first-order chi connectivity index (χ1) is 15.0. The highest BCUT2D eigenvalue weighted by atomic mass is 16.4. The van der Waals surface area contributed by atoms with E-state index in [1.165, 1.54) is 18.4 Å². The van der Waals surface area contributed by atoms with Gasteiger partial charge < -0.3 is 20.4 Å². The lowest BCUT2D eigenvalue weighted by Gasteiger charge is -2.65. The number of fused-ring (bicyclic) bond motifs is 5. The molecule has 0 saturated heterocycles. The topological polar surface area (TPSA) is 80.9 Å². The highest BCUT2D eigenvalue weighted by Crippen LogP contribution is 2.69. The smallest absolute Gasteiger partial charge is 0.101 e. The zero-order valence-corrected chi connectivity index (χ0v) is 20.6. The quantitative estimate of drug-likeness (QED) is 0.470. The van der Waals surface area contributed by atoms with E-state index >= 15 is 0 Å². The fraction of sp³-hybridized carbons (Fsp3) is 0.857. The Bertz CT molecular complexity index is 746. The van der Waals surface area contributed by atoms with Crippen LogP contribution in [0, 0.1) is 46.3 Å². The van der Waals surface area contributed by atoms with Gasteiger partial charge in [-0.1, -0.05) is 52.0 Å². The average molecular weight is 447 g/mol. The van der Waals surface area contributed by atoms with Crippen molar-refractivity contribution in [2.45, 2.75) is 96.9 Å². The molecule has 4 N–H and O–H groups in total. The number of hydrogen-bond acceptors (Lipinski definition) is 4. The van der Waals surface area contributed by atoms with Crippen LogP contribution in [0.15, 0.2) is 24.3 Å². The summed E-state index contributed by atoms with van der Waals surface area (Å²) in [4.78, 5) is 0. The summed E-state index contributed by atoms with van der Waals surface area (Å²) in [6.45, 7) is 13.3. The van der Waals surface area contributed by atoms with Crippen molar-refractivity contribution in [1.82, 2.24) is 0 Å². The predicted molar refractivity (Wildman–Crippen MR) is 128 cm³/mol. The van der Waals surface area contributed by atoms with Gasteiger partial charge in [-0.2, -0.15) is 0 Å². The Kier molecular flexibility index (Phi) is 6.51. The van der Waals surface area contributed by atoms with Crippen molar-refractivity contribution < 1.29 is 20.4 Å². The molecule has 4 rings (SSSR count). The Labute approximate surface area is 194 Å². The minimum absolute atomic E-state index is 0.0994. The second-order valence-electron chi connectivity index (χ2n) is 12.4. The minimum Gasteiger partial charge on any atom is -0.396 e. The van der Waals surface area contributed by atoms with Gasteiger partial charge >= 0.3 is 0 Å². The summed E-state index contributed by atoms with van der Waals surface area (Å²) >= 11 is 0. The van der Waals surface area contributed by atoms with Gasteiger partial charge in [0.15, 0.2) is 0 Å². The summed E-state index contributed by atoms with van der Waals surface area (Å²) < 4.78 is 0. The van der Waals surface area contributed by atoms with Crippen LogP contribution in [0.2, 0.25) is 0 Å². The van der Waals surface area contributed by atoms with Crippen molar-refractivity contribution in [2.75, 3.05) is 6.61 Å². The van der Waals surface area contributed by atoms with Crippen LogP contribution in [0.25, 0.3) is 0 Å². The summed E-state index contributed by atoms with van der Waals surface area (Å²) in [5, 5.41) is 43.8. The Morgan fingerprint density at radius 2 is 1.78 bits per heavy atom. The molecular formula is C28H46O4. The standard InChI is InChI=1S/C28H46O4/c1-17(2)18(3)6-7-19(4)22-8-9-23-21-14-25(31)28(32)15-20(30)10-13-27(28,16-29)24(21)11-12-26(22,23)5/h6-7,17,19-25,29-32H,3,8-16H2,1-2,4-5H3/b7-6+/t19-,20+,21+,22-,23+,24+,25-,26-,27+,28+/m1/s1. The number of rotatable bonds is 5. The summed E-state index contributed by atoms with van der Waals surface area (Å²) in [5.74, 6) is 2.63. The van der Waals surface area contributed by atoms with Gasteiger partial charge in [-0.05, 0) is 85.9 Å². The molecule has 0 aromatic carbocycles. The van der Waals surface area contributed by atoms with E-state index in [2.05, 4.69) is 46.4 Å². The van der Waals surface area contributed by atoms with E-state index in [1.54, 1.807) is 0 Å². The van der Waals surface area contributed by atoms with E-state index in [4.69, 9.17) is 0 Å². The molecule has 4 aliphatic rings. The molecule has 4 saturated carbocycles. The second-order valence-corrected chi connectivity index (χ2v) is 12.4. The lowest BCUT2D eigenvalue weighted by atomic mass is 9.42. The lowest BCUT2D eigenvalue weighted by Crippen LogP contribution is -2.70. The fourth-order valence-electron chi connectivity index (χ4n) is 8.87. The van der Waals surface area contributed by atoms with Crippen LogP contribution in [-0.4, -0.2) is 44.8 Å². The van der Waals surface area contributed by atoms with Gasteiger partial charge in [0.25, 0.3) is 0 Å². The molecule has 10 atom stereocenters. The Balaban J connectivity index is 1.60. The molecule has 0 aromatic rings. The summed E-state index contributed by atoms with van der Waals surface area (Å²) in [6, 6.07) is 0. The molecule has 32 heavy (non-hydrogen) atoms. The highest BCUT2D eigenvalue weighted by molar-refractivity contribution is 5.20. The molecule has 182 valence electrons. The molecule has 4 nitrogen and oxygen atoms in total. The number of hydrogen-bond donors (Lipinski definition) is 4. The van der Waals surface area contributed by atoms with E-state index in [0.29, 0.717) is 48.9 Å². The van der Waals surface area contributed by atoms with Gasteiger partial charge in [0.1, 0.15) is 5.60 Å². The molecule has 0 aliphatic heterocycles. The van der Waals surface area contributed by atoms with Crippen LogP contribution in [-0.2, 0) is 0 Å². The molecule has 4 fully saturated rings. The predicted octanol–water partition coefficient (Wildman–Crippen LogP) is 4.47. The van der Waals surface area contributed by atoms with Crippen molar-refractivity contribution >= 4 is 0 Å². The van der Waals surface area contributed by atoms with Gasteiger partial charge in [0.05, 0.1) is 18.8 Å². The summed E-state index contributed by atoms with van der Waals surface area (Å²) in [7, 11) is 0. The zero-order chi connectivity index (χ0) is 23.5. The van der Waals surface area contributed by atoms with Crippen molar-refractivity contribution in [3.63, 3.8) is 0 Å². The SMILES string of the molecule is C=C(/C=C/[C@@H](C)[C@H]1CC[C@H]2[C@@H]3C[C@@H](O)[C@@]4(O)C[C@@H](O)CC[C@]4(CO)[C@H]3CC[C@]12C)C(C)C. The van der Waals surface area contributed by atoms with Gasteiger partial charge in [0.2, 0.25) is 0 Å². The van der Waals surface area contributed by atoms with Crippen LogP contribution >= 0.6 is 0 Å². The van der Waals surface area contributed by atoms with Crippen LogP contribution in [0.3, 0.4) is 0 Å². The maximum absolute atomic E-state index is 11.6. The van der Waals surface area contributed by atoms with Gasteiger partial charge in [-0.3, -0.25) is 0 Å². The van der Waals surface area contributed by atoms with E-state index in [0.717, 1.165) is 12.8 Å². The van der Waals surface area contributed by atoms with Crippen molar-refractivity contribution in [1.29, 1.82) is 0 Å². The van der Waals surface area contributed by atoms with Crippen LogP contribution in [0.4, 0.5) is 0 Å². The van der Waals surface area contributed by atoms with Gasteiger partial charge in [-0.25, -0.2) is 0 Å². The molecule has 0 unspecified atom stereocenters. The first kappa shape index (κ1) is 24.4. The van der Waals surface area contributed by atoms with Crippen molar-refractivity contribution in [3.05, 3.63) is 24.3 Å². The third-order valence-electron chi connectivity index (χ3n) is 10.9. The van der Waals surface area contributed by atoms with Crippen molar-refractivity contribution in [2.24, 2.45) is 46.3 Å². The molecule has 4 aliphatic carbocycles. The number of aliphatic hydroxyl groups is 4. The number of aliphatic hydroxyl groups excluding tert-OH is 3. The minimum atomic E-state index is -1.38. The van der Waals surface area contributed by atoms with Gasteiger partial charge in [-0.15, -0.1) is 0 Å². The largest absolute Gasteiger partial charge is 0.396 e. The Morgan fingerprint density at radius 3 is 2.44 bits per heavy atom. The third kappa shape index (κ3) is 3.47. The normalized spacial score (nSPS) is 49.5. The molecular weight excluding hydrogens is 400 g/mol. The second kappa shape index (κ2) is 8.52. The van der Waals surface area contributed by atoms with Crippen LogP contribution < -0.4 is 0 Å². The number of allylic oxidation sites excluding steroid dienone is 3. The molecule has 0 bridgehead atoms. The summed E-state index contributed by atoms with van der Waals surface area (Å²) in [5.41, 5.74) is -0.655. The zero-order valence-electron chi connectivity index (χ0n) is 20.6. The van der Waals surface area contributed by atoms with E-state index < -0.39 is 23.2 Å². The van der Waals surface area contributed by atoms with Gasteiger partial charge in [0, 0.05) is 11.8 Å². The molecule has 0 heterocycles. The molecule has 0 radical (unpaired) electrons. The monoisotopic (exact) mass is 446 g/mol. The molecule has 0 amide bonds. The van der Waals surface area contributed by atoms with Crippen molar-refractivity contribution in [3.8, 4) is 0 Å². The highest BCUT2D eigenvalue weighted by Gasteiger charge is 2.69. The lowest BCUT2D eigenvalue weighted by molar-refractivity contribution is -0.280. The third-order valence-corrected chi connectivity index (χ3v) is 10.9. The van der Waals surface area contributed by atoms with Crippen LogP contribution in [0.5, 0.6) is 0 Å². The first-order valence-corrected chi connectivity index (χ1v) is 13.1. The molecule has 4 heteroatoms. The van der Waals surface area contributed by atoms with E-state index in [1.807, 2.05) is 0 Å². The first-order valence-electron chi connectivity index (χ1n) is 13.1. The van der Waals surface area contributed by atoms with E-state index in [9.17, 15) is 20.4 Å². The molecule has 0 spiro atoms. The summed E-state index contributed by atoms with van der Waals surface area (Å²) in [6.07, 6.45) is 9.57. The maximum atomic E-state index is 11.6. The Morgan fingerprint density at radius 1 is 1.06 bits per heavy atom. The fourth-order valence-corrected chi connectivity index (χ4v) is 8.87. The Hall–Kier alpha value is -0.680. The average Bonchev–Trinajstić information content (AvgIpc) is 3.09.